The molecule has 5 heteroatoms. The van der Waals surface area contributed by atoms with Crippen LogP contribution >= 0.6 is 0 Å². The highest BCUT2D eigenvalue weighted by Crippen LogP contribution is 2.33. The molecule has 0 saturated carbocycles. The number of nitrogens with one attached hydrogen (secondary N) is 1. The van der Waals surface area contributed by atoms with Gasteiger partial charge in [-0.2, -0.15) is 5.10 Å². The lowest BCUT2D eigenvalue weighted by Gasteiger charge is -2.16. The van der Waals surface area contributed by atoms with Crippen molar-refractivity contribution >= 4 is 0 Å². The molecular weight excluding hydrogens is 266 g/mol. The van der Waals surface area contributed by atoms with Crippen molar-refractivity contribution in [2.75, 3.05) is 13.2 Å². The van der Waals surface area contributed by atoms with E-state index < -0.39 is 0 Å². The molecule has 5 nitrogen and oxygen atoms in total. The first-order valence-corrected chi connectivity index (χ1v) is 7.41. The van der Waals surface area contributed by atoms with E-state index in [9.17, 15) is 0 Å². The van der Waals surface area contributed by atoms with Crippen molar-refractivity contribution < 1.29 is 9.47 Å². The van der Waals surface area contributed by atoms with E-state index in [2.05, 4.69) is 23.4 Å². The molecule has 1 aliphatic rings. The topological polar surface area (TPSA) is 48.3 Å². The molecule has 1 N–H and O–H groups in total. The third-order valence-corrected chi connectivity index (χ3v) is 3.51. The quantitative estimate of drug-likeness (QED) is 0.916. The Kier molecular flexibility index (Phi) is 4.40. The van der Waals surface area contributed by atoms with E-state index >= 15 is 0 Å². The Morgan fingerprint density at radius 3 is 3.05 bits per heavy atom. The highest BCUT2D eigenvalue weighted by Gasteiger charge is 2.14. The molecule has 2 heterocycles. The van der Waals surface area contributed by atoms with Crippen LogP contribution in [0.2, 0.25) is 0 Å². The fourth-order valence-corrected chi connectivity index (χ4v) is 2.43. The van der Waals surface area contributed by atoms with Crippen LogP contribution in [0.1, 0.15) is 18.9 Å². The van der Waals surface area contributed by atoms with E-state index in [-0.39, 0.29) is 0 Å². The molecular formula is C16H21N3O2. The average Bonchev–Trinajstić information content (AvgIpc) is 2.87. The third-order valence-electron chi connectivity index (χ3n) is 3.51. The molecule has 0 aliphatic carbocycles. The Morgan fingerprint density at radius 2 is 2.19 bits per heavy atom. The maximum Gasteiger partial charge on any atom is 0.165 e. The largest absolute Gasteiger partial charge is 0.490 e. The van der Waals surface area contributed by atoms with Crippen molar-refractivity contribution in [2.45, 2.75) is 32.5 Å². The minimum Gasteiger partial charge on any atom is -0.490 e. The summed E-state index contributed by atoms with van der Waals surface area (Å²) in [5, 5.41) is 7.74. The van der Waals surface area contributed by atoms with Crippen molar-refractivity contribution in [1.29, 1.82) is 0 Å². The van der Waals surface area contributed by atoms with Crippen LogP contribution in [-0.4, -0.2) is 29.0 Å². The van der Waals surface area contributed by atoms with Gasteiger partial charge in [0.05, 0.1) is 19.8 Å². The van der Waals surface area contributed by atoms with E-state index in [1.54, 1.807) is 6.20 Å². The second-order valence-electron chi connectivity index (χ2n) is 5.30. The summed E-state index contributed by atoms with van der Waals surface area (Å²) in [4.78, 5) is 0. The second kappa shape index (κ2) is 6.63. The maximum atomic E-state index is 5.84. The summed E-state index contributed by atoms with van der Waals surface area (Å²) < 4.78 is 13.5. The van der Waals surface area contributed by atoms with E-state index in [1.165, 1.54) is 0 Å². The van der Waals surface area contributed by atoms with Gasteiger partial charge < -0.3 is 14.8 Å². The molecule has 1 aromatic heterocycles. The smallest absolute Gasteiger partial charge is 0.165 e. The molecule has 112 valence electrons. The first-order valence-electron chi connectivity index (χ1n) is 7.41. The van der Waals surface area contributed by atoms with Gasteiger partial charge in [-0.15, -0.1) is 0 Å². The van der Waals surface area contributed by atoms with Gasteiger partial charge in [-0.25, -0.2) is 0 Å². The number of para-hydroxylation sites is 1. The van der Waals surface area contributed by atoms with Gasteiger partial charge in [0.1, 0.15) is 0 Å². The summed E-state index contributed by atoms with van der Waals surface area (Å²) in [5.74, 6) is 1.74. The molecule has 2 aromatic rings. The fraction of sp³-hybridized carbons (Fsp3) is 0.438. The lowest BCUT2D eigenvalue weighted by Crippen LogP contribution is -2.30. The Balaban J connectivity index is 1.62. The molecule has 1 atom stereocenters. The third kappa shape index (κ3) is 3.55. The van der Waals surface area contributed by atoms with Crippen LogP contribution in [0.25, 0.3) is 0 Å². The molecule has 1 aliphatic heterocycles. The first kappa shape index (κ1) is 13.9. The molecule has 0 bridgehead atoms. The normalized spacial score (nSPS) is 15.5. The minimum absolute atomic E-state index is 0.326. The summed E-state index contributed by atoms with van der Waals surface area (Å²) >= 11 is 0. The number of nitrogens with zero attached hydrogens (tertiary/aromatic N) is 2. The molecule has 1 aromatic carbocycles. The molecule has 0 radical (unpaired) electrons. The Bertz CT molecular complexity index is 569. The molecule has 0 spiro atoms. The van der Waals surface area contributed by atoms with Crippen LogP contribution in [0.5, 0.6) is 11.5 Å². The number of rotatable bonds is 5. The van der Waals surface area contributed by atoms with Crippen molar-refractivity contribution in [3.63, 3.8) is 0 Å². The van der Waals surface area contributed by atoms with Crippen molar-refractivity contribution in [2.24, 2.45) is 0 Å². The van der Waals surface area contributed by atoms with Gasteiger partial charge in [0.15, 0.2) is 11.5 Å². The standard InChI is InChI=1S/C16H21N3O2/c1-13(12-19-8-3-7-18-19)17-11-14-5-2-6-15-16(14)21-10-4-9-20-15/h2-3,5-8,13,17H,4,9-12H2,1H3/t13-/m1/s1. The number of benzene rings is 1. The molecule has 3 rings (SSSR count). The zero-order chi connectivity index (χ0) is 14.5. The number of aromatic nitrogens is 2. The van der Waals surface area contributed by atoms with Gasteiger partial charge in [-0.3, -0.25) is 4.68 Å². The number of ether oxygens (including phenoxy) is 2. The van der Waals surface area contributed by atoms with E-state index in [0.717, 1.165) is 43.2 Å². The van der Waals surface area contributed by atoms with Gasteiger partial charge in [-0.1, -0.05) is 12.1 Å². The number of hydrogen-bond donors (Lipinski definition) is 1. The molecule has 21 heavy (non-hydrogen) atoms. The van der Waals surface area contributed by atoms with Crippen LogP contribution in [0.4, 0.5) is 0 Å². The van der Waals surface area contributed by atoms with Gasteiger partial charge in [0.25, 0.3) is 0 Å². The summed E-state index contributed by atoms with van der Waals surface area (Å²) in [6.45, 7) is 5.20. The molecule has 0 saturated heterocycles. The lowest BCUT2D eigenvalue weighted by atomic mass is 10.1. The monoisotopic (exact) mass is 287 g/mol. The van der Waals surface area contributed by atoms with Gasteiger partial charge in [-0.05, 0) is 19.1 Å². The highest BCUT2D eigenvalue weighted by atomic mass is 16.5. The van der Waals surface area contributed by atoms with E-state index in [1.807, 2.05) is 29.1 Å². The van der Waals surface area contributed by atoms with Gasteiger partial charge >= 0.3 is 0 Å². The van der Waals surface area contributed by atoms with Crippen LogP contribution in [0.15, 0.2) is 36.7 Å². The number of hydrogen-bond acceptors (Lipinski definition) is 4. The van der Waals surface area contributed by atoms with Crippen LogP contribution in [0.3, 0.4) is 0 Å². The first-order chi connectivity index (χ1) is 10.3. The Morgan fingerprint density at radius 1 is 1.29 bits per heavy atom. The zero-order valence-electron chi connectivity index (χ0n) is 12.3. The van der Waals surface area contributed by atoms with Crippen LogP contribution in [-0.2, 0) is 13.1 Å². The molecule has 0 amide bonds. The predicted octanol–water partition coefficient (Wildman–Crippen LogP) is 2.22. The summed E-state index contributed by atoms with van der Waals surface area (Å²) in [5.41, 5.74) is 1.14. The highest BCUT2D eigenvalue weighted by molar-refractivity contribution is 5.47. The van der Waals surface area contributed by atoms with Crippen LogP contribution < -0.4 is 14.8 Å². The molecule has 0 fully saturated rings. The van der Waals surface area contributed by atoms with Crippen molar-refractivity contribution in [1.82, 2.24) is 15.1 Å². The van der Waals surface area contributed by atoms with E-state index in [4.69, 9.17) is 9.47 Å². The fourth-order valence-electron chi connectivity index (χ4n) is 2.43. The number of fused-ring (bicyclic) bond motifs is 1. The summed E-state index contributed by atoms with van der Waals surface area (Å²) in [6, 6.07) is 8.34. The minimum atomic E-state index is 0.326. The zero-order valence-corrected chi connectivity index (χ0v) is 12.3. The van der Waals surface area contributed by atoms with Crippen molar-refractivity contribution in [3.8, 4) is 11.5 Å². The lowest BCUT2D eigenvalue weighted by molar-refractivity contribution is 0.295. The van der Waals surface area contributed by atoms with Crippen LogP contribution in [0, 0.1) is 0 Å². The summed E-state index contributed by atoms with van der Waals surface area (Å²) in [6.07, 6.45) is 4.70. The Labute approximate surface area is 124 Å². The van der Waals surface area contributed by atoms with Gasteiger partial charge in [0, 0.05) is 37.0 Å². The van der Waals surface area contributed by atoms with E-state index in [0.29, 0.717) is 12.6 Å². The second-order valence-corrected chi connectivity index (χ2v) is 5.30. The summed E-state index contributed by atoms with van der Waals surface area (Å²) in [7, 11) is 0. The average molecular weight is 287 g/mol. The van der Waals surface area contributed by atoms with Crippen molar-refractivity contribution in [3.05, 3.63) is 42.2 Å². The maximum absolute atomic E-state index is 5.84. The molecule has 0 unspecified atom stereocenters. The SMILES string of the molecule is C[C@H](Cn1cccn1)NCc1cccc2c1OCCCO2. The Hall–Kier alpha value is -2.01. The predicted molar refractivity (Wildman–Crippen MR) is 80.6 cm³/mol. The van der Waals surface area contributed by atoms with Gasteiger partial charge in [0.2, 0.25) is 0 Å².